The van der Waals surface area contributed by atoms with Gasteiger partial charge >= 0.3 is 0 Å². The van der Waals surface area contributed by atoms with Crippen LogP contribution in [0.4, 0.5) is 0 Å². The topological polar surface area (TPSA) is 55.1 Å². The minimum Gasteiger partial charge on any atom is -0.451 e. The van der Waals surface area contributed by atoms with E-state index in [-0.39, 0.29) is 12.3 Å². The normalized spacial score (nSPS) is 10.2. The molecule has 0 aliphatic rings. The number of nitrogens with zero attached hydrogens (tertiary/aromatic N) is 1. The Balaban J connectivity index is 1.87. The molecule has 88 valence electrons. The third-order valence-corrected chi connectivity index (χ3v) is 2.63. The van der Waals surface area contributed by atoms with Crippen molar-refractivity contribution in [2.24, 2.45) is 0 Å². The standard InChI is InChI=1S/C12H11ClN2O2/c13-11-4-2-1-3-9(11)5-12(16)14-6-10-7-17-8-15-10/h1-4,7-8H,5-6H2,(H,14,16). The summed E-state index contributed by atoms with van der Waals surface area (Å²) in [4.78, 5) is 15.5. The molecule has 0 aliphatic heterocycles. The molecule has 0 aliphatic carbocycles. The molecule has 0 radical (unpaired) electrons. The SMILES string of the molecule is O=C(Cc1ccccc1Cl)NCc1cocn1. The maximum absolute atomic E-state index is 11.6. The van der Waals surface area contributed by atoms with Gasteiger partial charge in [0, 0.05) is 5.02 Å². The van der Waals surface area contributed by atoms with Crippen LogP contribution in [0.25, 0.3) is 0 Å². The molecular formula is C12H11ClN2O2. The van der Waals surface area contributed by atoms with Gasteiger partial charge < -0.3 is 9.73 Å². The molecule has 2 rings (SSSR count). The van der Waals surface area contributed by atoms with Gasteiger partial charge in [-0.15, -0.1) is 0 Å². The number of amides is 1. The molecule has 0 fully saturated rings. The fraction of sp³-hybridized carbons (Fsp3) is 0.167. The summed E-state index contributed by atoms with van der Waals surface area (Å²) >= 11 is 5.96. The highest BCUT2D eigenvalue weighted by Gasteiger charge is 2.06. The average molecular weight is 251 g/mol. The second-order valence-electron chi connectivity index (χ2n) is 3.52. The molecule has 17 heavy (non-hydrogen) atoms. The molecule has 5 heteroatoms. The van der Waals surface area contributed by atoms with E-state index in [1.807, 2.05) is 18.2 Å². The first kappa shape index (κ1) is 11.7. The number of halogens is 1. The minimum absolute atomic E-state index is 0.0962. The Morgan fingerprint density at radius 2 is 2.24 bits per heavy atom. The van der Waals surface area contributed by atoms with E-state index in [0.29, 0.717) is 17.3 Å². The highest BCUT2D eigenvalue weighted by atomic mass is 35.5. The van der Waals surface area contributed by atoms with Crippen molar-refractivity contribution in [3.8, 4) is 0 Å². The second-order valence-corrected chi connectivity index (χ2v) is 3.93. The molecule has 0 saturated carbocycles. The Morgan fingerprint density at radius 1 is 1.41 bits per heavy atom. The summed E-state index contributed by atoms with van der Waals surface area (Å²) in [5.41, 5.74) is 1.50. The molecule has 0 atom stereocenters. The van der Waals surface area contributed by atoms with Crippen LogP contribution in [0.5, 0.6) is 0 Å². The predicted molar refractivity (Wildman–Crippen MR) is 63.5 cm³/mol. The lowest BCUT2D eigenvalue weighted by Crippen LogP contribution is -2.24. The molecule has 0 saturated heterocycles. The zero-order valence-corrected chi connectivity index (χ0v) is 9.78. The van der Waals surface area contributed by atoms with Crippen molar-refractivity contribution in [2.45, 2.75) is 13.0 Å². The summed E-state index contributed by atoms with van der Waals surface area (Å²) in [6.45, 7) is 0.361. The van der Waals surface area contributed by atoms with Crippen LogP contribution in [-0.4, -0.2) is 10.9 Å². The lowest BCUT2D eigenvalue weighted by atomic mass is 10.1. The quantitative estimate of drug-likeness (QED) is 0.905. The number of aromatic nitrogens is 1. The lowest BCUT2D eigenvalue weighted by molar-refractivity contribution is -0.120. The van der Waals surface area contributed by atoms with Crippen molar-refractivity contribution in [2.75, 3.05) is 0 Å². The number of hydrogen-bond acceptors (Lipinski definition) is 3. The van der Waals surface area contributed by atoms with Gasteiger partial charge in [0.15, 0.2) is 6.39 Å². The first-order valence-corrected chi connectivity index (χ1v) is 5.50. The largest absolute Gasteiger partial charge is 0.451 e. The Bertz CT molecular complexity index is 497. The molecule has 1 amide bonds. The van der Waals surface area contributed by atoms with E-state index in [1.54, 1.807) is 6.07 Å². The van der Waals surface area contributed by atoms with Gasteiger partial charge in [0.25, 0.3) is 0 Å². The third-order valence-electron chi connectivity index (χ3n) is 2.26. The van der Waals surface area contributed by atoms with E-state index < -0.39 is 0 Å². The number of oxazole rings is 1. The van der Waals surface area contributed by atoms with Crippen LogP contribution >= 0.6 is 11.6 Å². The highest BCUT2D eigenvalue weighted by molar-refractivity contribution is 6.31. The van der Waals surface area contributed by atoms with Crippen LogP contribution < -0.4 is 5.32 Å². The zero-order chi connectivity index (χ0) is 12.1. The number of benzene rings is 1. The van der Waals surface area contributed by atoms with E-state index in [1.165, 1.54) is 12.7 Å². The number of carbonyl (C=O) groups is 1. The first-order chi connectivity index (χ1) is 8.25. The number of hydrogen-bond donors (Lipinski definition) is 1. The molecule has 0 spiro atoms. The van der Waals surface area contributed by atoms with Crippen LogP contribution in [0.3, 0.4) is 0 Å². The summed E-state index contributed by atoms with van der Waals surface area (Å²) in [5.74, 6) is -0.0962. The molecule has 1 aromatic heterocycles. The van der Waals surface area contributed by atoms with Crippen LogP contribution in [0.15, 0.2) is 41.3 Å². The maximum atomic E-state index is 11.6. The molecule has 0 bridgehead atoms. The van der Waals surface area contributed by atoms with E-state index in [2.05, 4.69) is 10.3 Å². The lowest BCUT2D eigenvalue weighted by Gasteiger charge is -2.04. The Labute approximate surface area is 104 Å². The molecule has 1 aromatic carbocycles. The fourth-order valence-corrected chi connectivity index (χ4v) is 1.59. The van der Waals surface area contributed by atoms with Crippen molar-refractivity contribution in [3.63, 3.8) is 0 Å². The third kappa shape index (κ3) is 3.32. The van der Waals surface area contributed by atoms with Crippen molar-refractivity contribution in [1.82, 2.24) is 10.3 Å². The van der Waals surface area contributed by atoms with Crippen LogP contribution in [-0.2, 0) is 17.8 Å². The predicted octanol–water partition coefficient (Wildman–Crippen LogP) is 2.19. The minimum atomic E-state index is -0.0962. The van der Waals surface area contributed by atoms with E-state index in [9.17, 15) is 4.79 Å². The van der Waals surface area contributed by atoms with Gasteiger partial charge in [-0.05, 0) is 11.6 Å². The number of carbonyl (C=O) groups excluding carboxylic acids is 1. The van der Waals surface area contributed by atoms with Gasteiger partial charge in [-0.25, -0.2) is 4.98 Å². The van der Waals surface area contributed by atoms with E-state index >= 15 is 0 Å². The average Bonchev–Trinajstić information content (AvgIpc) is 2.82. The van der Waals surface area contributed by atoms with Gasteiger partial charge in [-0.3, -0.25) is 4.79 Å². The molecule has 1 N–H and O–H groups in total. The monoisotopic (exact) mass is 250 g/mol. The van der Waals surface area contributed by atoms with Crippen molar-refractivity contribution in [3.05, 3.63) is 53.2 Å². The smallest absolute Gasteiger partial charge is 0.224 e. The van der Waals surface area contributed by atoms with Crippen LogP contribution in [0, 0.1) is 0 Å². The number of nitrogens with one attached hydrogen (secondary N) is 1. The van der Waals surface area contributed by atoms with Gasteiger partial charge in [-0.2, -0.15) is 0 Å². The van der Waals surface area contributed by atoms with Gasteiger partial charge in [-0.1, -0.05) is 29.8 Å². The van der Waals surface area contributed by atoms with Gasteiger partial charge in [0.05, 0.1) is 18.7 Å². The highest BCUT2D eigenvalue weighted by Crippen LogP contribution is 2.15. The Morgan fingerprint density at radius 3 is 2.94 bits per heavy atom. The van der Waals surface area contributed by atoms with E-state index in [4.69, 9.17) is 16.0 Å². The van der Waals surface area contributed by atoms with Crippen molar-refractivity contribution in [1.29, 1.82) is 0 Å². The van der Waals surface area contributed by atoms with Crippen molar-refractivity contribution < 1.29 is 9.21 Å². The van der Waals surface area contributed by atoms with Gasteiger partial charge in [0.2, 0.25) is 5.91 Å². The van der Waals surface area contributed by atoms with E-state index in [0.717, 1.165) is 5.56 Å². The zero-order valence-electron chi connectivity index (χ0n) is 9.02. The summed E-state index contributed by atoms with van der Waals surface area (Å²) in [7, 11) is 0. The Hall–Kier alpha value is -1.81. The van der Waals surface area contributed by atoms with Crippen molar-refractivity contribution >= 4 is 17.5 Å². The molecule has 2 aromatic rings. The van der Waals surface area contributed by atoms with Crippen LogP contribution in [0.2, 0.25) is 5.02 Å². The Kier molecular flexibility index (Phi) is 3.77. The summed E-state index contributed by atoms with van der Waals surface area (Å²) in [6, 6.07) is 7.28. The number of rotatable bonds is 4. The second kappa shape index (κ2) is 5.50. The molecule has 1 heterocycles. The summed E-state index contributed by atoms with van der Waals surface area (Å²) in [5, 5.41) is 3.34. The molecular weight excluding hydrogens is 240 g/mol. The van der Waals surface area contributed by atoms with Gasteiger partial charge in [0.1, 0.15) is 6.26 Å². The molecule has 0 unspecified atom stereocenters. The fourth-order valence-electron chi connectivity index (χ4n) is 1.39. The maximum Gasteiger partial charge on any atom is 0.224 e. The first-order valence-electron chi connectivity index (χ1n) is 5.13. The molecule has 4 nitrogen and oxygen atoms in total. The summed E-state index contributed by atoms with van der Waals surface area (Å²) in [6.07, 6.45) is 3.09. The summed E-state index contributed by atoms with van der Waals surface area (Å²) < 4.78 is 4.80. The van der Waals surface area contributed by atoms with Crippen LogP contribution in [0.1, 0.15) is 11.3 Å².